The molecule has 0 spiro atoms. The van der Waals surface area contributed by atoms with Crippen molar-refractivity contribution in [2.24, 2.45) is 0 Å². The van der Waals surface area contributed by atoms with Crippen molar-refractivity contribution in [1.82, 2.24) is 5.32 Å². The highest BCUT2D eigenvalue weighted by molar-refractivity contribution is 7.80. The number of thiocarbonyl (C=S) groups is 1. The summed E-state index contributed by atoms with van der Waals surface area (Å²) in [5, 5.41) is 12.5. The summed E-state index contributed by atoms with van der Waals surface area (Å²) in [5.41, 5.74) is 0.813. The fourth-order valence-corrected chi connectivity index (χ4v) is 2.94. The summed E-state index contributed by atoms with van der Waals surface area (Å²) in [4.78, 5) is 26.2. The molecule has 25 heavy (non-hydrogen) atoms. The summed E-state index contributed by atoms with van der Waals surface area (Å²) in [6, 6.07) is 10.9. The van der Waals surface area contributed by atoms with E-state index in [2.05, 4.69) is 5.32 Å². The van der Waals surface area contributed by atoms with E-state index in [1.54, 1.807) is 24.3 Å². The van der Waals surface area contributed by atoms with E-state index in [1.807, 2.05) is 0 Å². The third-order valence-electron chi connectivity index (χ3n) is 3.45. The van der Waals surface area contributed by atoms with Crippen LogP contribution >= 0.6 is 35.4 Å². The van der Waals surface area contributed by atoms with Gasteiger partial charge in [0.05, 0.1) is 10.7 Å². The van der Waals surface area contributed by atoms with E-state index in [0.717, 1.165) is 0 Å². The predicted molar refractivity (Wildman–Crippen MR) is 101 cm³/mol. The third kappa shape index (κ3) is 3.51. The maximum absolute atomic E-state index is 12.8. The second kappa shape index (κ2) is 6.84. The van der Waals surface area contributed by atoms with Gasteiger partial charge in [0.25, 0.3) is 11.8 Å². The van der Waals surface area contributed by atoms with Gasteiger partial charge in [-0.15, -0.1) is 0 Å². The van der Waals surface area contributed by atoms with Crippen molar-refractivity contribution in [1.29, 1.82) is 0 Å². The van der Waals surface area contributed by atoms with Crippen molar-refractivity contribution in [3.05, 3.63) is 63.6 Å². The van der Waals surface area contributed by atoms with Gasteiger partial charge in [0.2, 0.25) is 0 Å². The number of carbonyl (C=O) groups is 2. The van der Waals surface area contributed by atoms with Crippen LogP contribution in [0.15, 0.2) is 48.0 Å². The lowest BCUT2D eigenvalue weighted by atomic mass is 10.1. The maximum atomic E-state index is 12.8. The third-order valence-corrected chi connectivity index (χ3v) is 4.27. The minimum absolute atomic E-state index is 0.0295. The molecule has 1 aliphatic heterocycles. The van der Waals surface area contributed by atoms with Gasteiger partial charge < -0.3 is 5.11 Å². The van der Waals surface area contributed by atoms with E-state index in [9.17, 15) is 14.7 Å². The number of phenolic OH excluding ortho intramolecular Hbond substituents is 1. The molecule has 1 saturated heterocycles. The summed E-state index contributed by atoms with van der Waals surface area (Å²) in [5.74, 6) is -1.29. The summed E-state index contributed by atoms with van der Waals surface area (Å²) in [6.45, 7) is 0. The van der Waals surface area contributed by atoms with Gasteiger partial charge in [-0.2, -0.15) is 0 Å². The number of nitrogens with one attached hydrogen (secondary N) is 1. The first-order valence-corrected chi connectivity index (χ1v) is 8.19. The molecule has 1 aliphatic rings. The first-order chi connectivity index (χ1) is 11.9. The number of benzene rings is 2. The number of halogens is 2. The first kappa shape index (κ1) is 17.4. The second-order valence-corrected chi connectivity index (χ2v) is 6.38. The summed E-state index contributed by atoms with van der Waals surface area (Å²) in [7, 11) is 0. The Hall–Kier alpha value is -2.41. The van der Waals surface area contributed by atoms with E-state index in [-0.39, 0.29) is 21.5 Å². The fraction of sp³-hybridized carbons (Fsp3) is 0. The Kier molecular flexibility index (Phi) is 4.76. The van der Waals surface area contributed by atoms with Crippen molar-refractivity contribution >= 4 is 64.1 Å². The van der Waals surface area contributed by atoms with Gasteiger partial charge in [-0.1, -0.05) is 35.3 Å². The van der Waals surface area contributed by atoms with E-state index < -0.39 is 11.8 Å². The number of hydrogen-bond donors (Lipinski definition) is 2. The molecule has 0 radical (unpaired) electrons. The lowest BCUT2D eigenvalue weighted by Crippen LogP contribution is -2.54. The Bertz CT molecular complexity index is 943. The molecule has 0 aromatic heterocycles. The van der Waals surface area contributed by atoms with E-state index in [4.69, 9.17) is 35.4 Å². The molecule has 1 fully saturated rings. The van der Waals surface area contributed by atoms with Crippen LogP contribution in [0.5, 0.6) is 5.75 Å². The molecule has 5 nitrogen and oxygen atoms in total. The van der Waals surface area contributed by atoms with Crippen LogP contribution in [0.4, 0.5) is 5.69 Å². The summed E-state index contributed by atoms with van der Waals surface area (Å²) in [6.07, 6.45) is 1.38. The monoisotopic (exact) mass is 392 g/mol. The van der Waals surface area contributed by atoms with Gasteiger partial charge in [-0.25, -0.2) is 0 Å². The van der Waals surface area contributed by atoms with Crippen LogP contribution < -0.4 is 10.2 Å². The number of aromatic hydroxyl groups is 1. The number of anilines is 1. The first-order valence-electron chi connectivity index (χ1n) is 7.02. The largest absolute Gasteiger partial charge is 0.506 e. The quantitative estimate of drug-likeness (QED) is 0.465. The highest BCUT2D eigenvalue weighted by atomic mass is 35.5. The van der Waals surface area contributed by atoms with Crippen LogP contribution in [-0.2, 0) is 9.59 Å². The van der Waals surface area contributed by atoms with Crippen LogP contribution in [0.3, 0.4) is 0 Å². The molecule has 8 heteroatoms. The molecule has 0 saturated carbocycles. The van der Waals surface area contributed by atoms with Gasteiger partial charge in [-0.05, 0) is 54.2 Å². The van der Waals surface area contributed by atoms with Crippen LogP contribution in [-0.4, -0.2) is 22.0 Å². The van der Waals surface area contributed by atoms with E-state index in [1.165, 1.54) is 29.2 Å². The van der Waals surface area contributed by atoms with Gasteiger partial charge in [-0.3, -0.25) is 19.8 Å². The average Bonchev–Trinajstić information content (AvgIpc) is 2.54. The van der Waals surface area contributed by atoms with Crippen LogP contribution in [0.25, 0.3) is 6.08 Å². The molecule has 0 bridgehead atoms. The smallest absolute Gasteiger partial charge is 0.270 e. The van der Waals surface area contributed by atoms with Crippen molar-refractivity contribution in [2.75, 3.05) is 4.90 Å². The highest BCUT2D eigenvalue weighted by Gasteiger charge is 2.34. The molecule has 0 aliphatic carbocycles. The lowest BCUT2D eigenvalue weighted by molar-refractivity contribution is -0.122. The normalized spacial score (nSPS) is 16.3. The van der Waals surface area contributed by atoms with Crippen LogP contribution in [0, 0.1) is 0 Å². The Balaban J connectivity index is 2.03. The van der Waals surface area contributed by atoms with E-state index in [0.29, 0.717) is 16.3 Å². The number of nitrogens with zero attached hydrogens (tertiary/aromatic N) is 1. The summed E-state index contributed by atoms with van der Waals surface area (Å²) < 4.78 is 0. The molecular weight excluding hydrogens is 383 g/mol. The zero-order valence-electron chi connectivity index (χ0n) is 12.5. The topological polar surface area (TPSA) is 69.6 Å². The molecule has 2 N–H and O–H groups in total. The number of carbonyl (C=O) groups excluding carboxylic acids is 2. The van der Waals surface area contributed by atoms with E-state index >= 15 is 0 Å². The molecule has 0 unspecified atom stereocenters. The molecule has 2 aromatic carbocycles. The fourth-order valence-electron chi connectivity index (χ4n) is 2.29. The molecule has 126 valence electrons. The number of rotatable bonds is 2. The van der Waals surface area contributed by atoms with Gasteiger partial charge >= 0.3 is 0 Å². The summed E-state index contributed by atoms with van der Waals surface area (Å²) >= 11 is 16.9. The Labute approximate surface area is 158 Å². The minimum Gasteiger partial charge on any atom is -0.506 e. The van der Waals surface area contributed by atoms with Gasteiger partial charge in [0.1, 0.15) is 11.3 Å². The molecule has 2 amide bonds. The minimum atomic E-state index is -0.613. The number of phenols is 1. The molecule has 3 rings (SSSR count). The van der Waals surface area contributed by atoms with Crippen LogP contribution in [0.2, 0.25) is 10.0 Å². The number of hydrogen-bond acceptors (Lipinski definition) is 4. The second-order valence-electron chi connectivity index (χ2n) is 5.15. The molecule has 2 aromatic rings. The zero-order chi connectivity index (χ0) is 18.1. The maximum Gasteiger partial charge on any atom is 0.270 e. The van der Waals surface area contributed by atoms with Crippen molar-refractivity contribution in [2.45, 2.75) is 0 Å². The molecule has 1 heterocycles. The van der Waals surface area contributed by atoms with Crippen molar-refractivity contribution < 1.29 is 14.7 Å². The average molecular weight is 393 g/mol. The highest BCUT2D eigenvalue weighted by Crippen LogP contribution is 2.27. The van der Waals surface area contributed by atoms with Crippen molar-refractivity contribution in [3.63, 3.8) is 0 Å². The van der Waals surface area contributed by atoms with Gasteiger partial charge in [0, 0.05) is 5.02 Å². The zero-order valence-corrected chi connectivity index (χ0v) is 14.8. The lowest BCUT2D eigenvalue weighted by Gasteiger charge is -2.29. The molecule has 0 atom stereocenters. The standard InChI is InChI=1S/C17H10Cl2N2O3S/c18-10-2-1-3-11(8-10)21-16(24)12(15(23)20-17(21)25)6-9-4-5-14(22)13(19)7-9/h1-8,22H,(H,20,23,25). The SMILES string of the molecule is O=C1NC(=S)N(c2cccc(Cl)c2)C(=O)C1=Cc1ccc(O)c(Cl)c1. The predicted octanol–water partition coefficient (Wildman–Crippen LogP) is 3.53. The Morgan fingerprint density at radius 1 is 1.12 bits per heavy atom. The van der Waals surface area contributed by atoms with Crippen molar-refractivity contribution in [3.8, 4) is 5.75 Å². The Morgan fingerprint density at radius 3 is 2.56 bits per heavy atom. The van der Waals surface area contributed by atoms with Gasteiger partial charge in [0.15, 0.2) is 5.11 Å². The molecular formula is C17H10Cl2N2O3S. The number of amides is 2. The van der Waals surface area contributed by atoms with Crippen LogP contribution in [0.1, 0.15) is 5.56 Å². The Morgan fingerprint density at radius 2 is 1.88 bits per heavy atom.